The quantitative estimate of drug-likeness (QED) is 0.840. The van der Waals surface area contributed by atoms with Crippen LogP contribution in [0.4, 0.5) is 0 Å². The molecule has 1 aromatic rings. The Kier molecular flexibility index (Phi) is 2.37. The Balaban J connectivity index is 1.66. The Bertz CT molecular complexity index is 499. The van der Waals surface area contributed by atoms with Gasteiger partial charge >= 0.3 is 0 Å². The second kappa shape index (κ2) is 3.89. The topological polar surface area (TPSA) is 44.5 Å². The van der Waals surface area contributed by atoms with Crippen molar-refractivity contribution in [1.82, 2.24) is 0 Å². The first-order valence-corrected chi connectivity index (χ1v) is 7.51. The van der Waals surface area contributed by atoms with E-state index in [2.05, 4.69) is 12.1 Å². The minimum absolute atomic E-state index is 0.149. The summed E-state index contributed by atoms with van der Waals surface area (Å²) in [6.45, 7) is 0. The molecule has 0 saturated heterocycles. The van der Waals surface area contributed by atoms with E-state index in [9.17, 15) is 0 Å². The lowest BCUT2D eigenvalue weighted by atomic mass is 9.89. The highest BCUT2D eigenvalue weighted by Crippen LogP contribution is 2.48. The summed E-state index contributed by atoms with van der Waals surface area (Å²) >= 11 is 0. The van der Waals surface area contributed by atoms with Gasteiger partial charge in [0.05, 0.1) is 0 Å². The second-order valence-corrected chi connectivity index (χ2v) is 6.35. The van der Waals surface area contributed by atoms with Crippen LogP contribution in [0.3, 0.4) is 0 Å². The molecule has 2 saturated carbocycles. The predicted molar refractivity (Wildman–Crippen MR) is 73.2 cm³/mol. The number of benzene rings is 1. The standard InChI is InChI=1S/C16H21NO2/c17-15(7-1-2-8-15)12-5-6-13-14(11-12)19-16(18-13)9-3-4-10-16/h5-6,11H,1-4,7-10,17H2. The van der Waals surface area contributed by atoms with Crippen molar-refractivity contribution in [3.8, 4) is 11.5 Å². The molecule has 3 aliphatic rings. The lowest BCUT2D eigenvalue weighted by Gasteiger charge is -2.24. The van der Waals surface area contributed by atoms with Crippen LogP contribution in [0.25, 0.3) is 0 Å². The first-order valence-electron chi connectivity index (χ1n) is 7.51. The SMILES string of the molecule is NC1(c2ccc3c(c2)OC2(CCCC2)O3)CCCC1. The maximum absolute atomic E-state index is 6.52. The molecule has 4 rings (SSSR count). The zero-order valence-corrected chi connectivity index (χ0v) is 11.3. The normalized spacial score (nSPS) is 26.2. The molecular formula is C16H21NO2. The molecule has 0 bridgehead atoms. The third kappa shape index (κ3) is 1.75. The van der Waals surface area contributed by atoms with Crippen molar-refractivity contribution in [1.29, 1.82) is 0 Å². The third-order valence-electron chi connectivity index (χ3n) is 4.97. The molecule has 1 aliphatic heterocycles. The van der Waals surface area contributed by atoms with Crippen LogP contribution in [0.1, 0.15) is 56.9 Å². The molecule has 0 amide bonds. The molecular weight excluding hydrogens is 238 g/mol. The van der Waals surface area contributed by atoms with Crippen molar-refractivity contribution < 1.29 is 9.47 Å². The second-order valence-electron chi connectivity index (χ2n) is 6.35. The average molecular weight is 259 g/mol. The number of nitrogens with two attached hydrogens (primary N) is 1. The number of hydrogen-bond donors (Lipinski definition) is 1. The van der Waals surface area contributed by atoms with Crippen molar-refractivity contribution >= 4 is 0 Å². The molecule has 0 aromatic heterocycles. The van der Waals surface area contributed by atoms with E-state index < -0.39 is 0 Å². The zero-order valence-electron chi connectivity index (χ0n) is 11.3. The summed E-state index contributed by atoms with van der Waals surface area (Å²) in [6.07, 6.45) is 9.03. The molecule has 0 unspecified atom stereocenters. The predicted octanol–water partition coefficient (Wildman–Crippen LogP) is 3.46. The molecule has 0 atom stereocenters. The number of hydrogen-bond acceptors (Lipinski definition) is 3. The van der Waals surface area contributed by atoms with Crippen molar-refractivity contribution in [2.24, 2.45) is 5.73 Å². The zero-order chi connectivity index (χ0) is 12.9. The smallest absolute Gasteiger partial charge is 0.251 e. The first-order chi connectivity index (χ1) is 9.19. The highest BCUT2D eigenvalue weighted by Gasteiger charge is 2.44. The first kappa shape index (κ1) is 11.6. The van der Waals surface area contributed by atoms with Gasteiger partial charge in [-0.05, 0) is 43.4 Å². The molecule has 2 N–H and O–H groups in total. The van der Waals surface area contributed by atoms with Crippen LogP contribution < -0.4 is 15.2 Å². The van der Waals surface area contributed by atoms with E-state index in [4.69, 9.17) is 15.2 Å². The maximum Gasteiger partial charge on any atom is 0.251 e. The van der Waals surface area contributed by atoms with Gasteiger partial charge < -0.3 is 15.2 Å². The van der Waals surface area contributed by atoms with Gasteiger partial charge in [0.2, 0.25) is 0 Å². The fourth-order valence-corrected chi connectivity index (χ4v) is 3.82. The molecule has 19 heavy (non-hydrogen) atoms. The van der Waals surface area contributed by atoms with Gasteiger partial charge in [-0.2, -0.15) is 0 Å². The minimum atomic E-state index is -0.363. The Morgan fingerprint density at radius 3 is 2.21 bits per heavy atom. The van der Waals surface area contributed by atoms with Crippen LogP contribution in [0.15, 0.2) is 18.2 Å². The summed E-state index contributed by atoms with van der Waals surface area (Å²) in [6, 6.07) is 6.29. The van der Waals surface area contributed by atoms with Gasteiger partial charge in [-0.25, -0.2) is 0 Å². The van der Waals surface area contributed by atoms with Gasteiger partial charge in [0.1, 0.15) is 0 Å². The van der Waals surface area contributed by atoms with E-state index in [0.717, 1.165) is 37.2 Å². The summed E-state index contributed by atoms with van der Waals surface area (Å²) in [5.74, 6) is 1.43. The molecule has 1 spiro atoms. The van der Waals surface area contributed by atoms with Gasteiger partial charge in [0, 0.05) is 18.4 Å². The van der Waals surface area contributed by atoms with Gasteiger partial charge in [-0.1, -0.05) is 18.9 Å². The van der Waals surface area contributed by atoms with Crippen molar-refractivity contribution in [2.75, 3.05) is 0 Å². The average Bonchev–Trinajstić information content (AvgIpc) is 3.10. The number of ether oxygens (including phenoxy) is 2. The van der Waals surface area contributed by atoms with Gasteiger partial charge in [0.15, 0.2) is 11.5 Å². The van der Waals surface area contributed by atoms with Gasteiger partial charge in [0.25, 0.3) is 5.79 Å². The number of rotatable bonds is 1. The highest BCUT2D eigenvalue weighted by atomic mass is 16.7. The van der Waals surface area contributed by atoms with Gasteiger partial charge in [-0.15, -0.1) is 0 Å². The molecule has 2 aliphatic carbocycles. The fourth-order valence-electron chi connectivity index (χ4n) is 3.82. The maximum atomic E-state index is 6.52. The molecule has 3 nitrogen and oxygen atoms in total. The summed E-state index contributed by atoms with van der Waals surface area (Å²) in [5, 5.41) is 0. The van der Waals surface area contributed by atoms with Crippen LogP contribution in [0, 0.1) is 0 Å². The Morgan fingerprint density at radius 1 is 0.842 bits per heavy atom. The van der Waals surface area contributed by atoms with Crippen molar-refractivity contribution in [3.63, 3.8) is 0 Å². The number of fused-ring (bicyclic) bond motifs is 1. The third-order valence-corrected chi connectivity index (χ3v) is 4.97. The van der Waals surface area contributed by atoms with Crippen molar-refractivity contribution in [3.05, 3.63) is 23.8 Å². The Morgan fingerprint density at radius 2 is 1.47 bits per heavy atom. The van der Waals surface area contributed by atoms with E-state index in [1.165, 1.54) is 31.2 Å². The Labute approximate surface area is 114 Å². The van der Waals surface area contributed by atoms with Crippen LogP contribution in [-0.2, 0) is 5.54 Å². The summed E-state index contributed by atoms with van der Waals surface area (Å²) in [5.41, 5.74) is 7.58. The van der Waals surface area contributed by atoms with Crippen LogP contribution in [-0.4, -0.2) is 5.79 Å². The Hall–Kier alpha value is -1.22. The van der Waals surface area contributed by atoms with Crippen LogP contribution in [0.2, 0.25) is 0 Å². The lowest BCUT2D eigenvalue weighted by Crippen LogP contribution is -2.34. The van der Waals surface area contributed by atoms with E-state index in [1.54, 1.807) is 0 Å². The molecule has 102 valence electrons. The molecule has 1 aromatic carbocycles. The van der Waals surface area contributed by atoms with Crippen molar-refractivity contribution in [2.45, 2.75) is 62.7 Å². The molecule has 3 heteroatoms. The van der Waals surface area contributed by atoms with E-state index in [-0.39, 0.29) is 11.3 Å². The van der Waals surface area contributed by atoms with E-state index >= 15 is 0 Å². The summed E-state index contributed by atoms with van der Waals surface area (Å²) < 4.78 is 12.2. The van der Waals surface area contributed by atoms with E-state index in [1.807, 2.05) is 6.07 Å². The fraction of sp³-hybridized carbons (Fsp3) is 0.625. The largest absolute Gasteiger partial charge is 0.448 e. The summed E-state index contributed by atoms with van der Waals surface area (Å²) in [4.78, 5) is 0. The molecule has 0 radical (unpaired) electrons. The van der Waals surface area contributed by atoms with Crippen LogP contribution in [0.5, 0.6) is 11.5 Å². The monoisotopic (exact) mass is 259 g/mol. The minimum Gasteiger partial charge on any atom is -0.448 e. The molecule has 1 heterocycles. The summed E-state index contributed by atoms with van der Waals surface area (Å²) in [7, 11) is 0. The lowest BCUT2D eigenvalue weighted by molar-refractivity contribution is -0.0716. The van der Waals surface area contributed by atoms with E-state index in [0.29, 0.717) is 0 Å². The molecule has 2 fully saturated rings. The van der Waals surface area contributed by atoms with Crippen LogP contribution >= 0.6 is 0 Å². The van der Waals surface area contributed by atoms with Gasteiger partial charge in [-0.3, -0.25) is 0 Å². The highest BCUT2D eigenvalue weighted by molar-refractivity contribution is 5.48.